The van der Waals surface area contributed by atoms with E-state index >= 15 is 0 Å². The Morgan fingerprint density at radius 1 is 1.37 bits per heavy atom. The van der Waals surface area contributed by atoms with Gasteiger partial charge in [-0.1, -0.05) is 36.8 Å². The number of amides is 1. The SMILES string of the molecule is Cc1ccc(CCNC(=O)C(C)C2CNC2)cc1.Cl. The summed E-state index contributed by atoms with van der Waals surface area (Å²) in [4.78, 5) is 11.9. The minimum atomic E-state index is 0. The number of aryl methyl sites for hydroxylation is 1. The topological polar surface area (TPSA) is 41.1 Å². The lowest BCUT2D eigenvalue weighted by molar-refractivity contribution is -0.126. The number of halogens is 1. The third-order valence-electron chi connectivity index (χ3n) is 3.77. The quantitative estimate of drug-likeness (QED) is 0.866. The Morgan fingerprint density at radius 2 is 2.00 bits per heavy atom. The van der Waals surface area contributed by atoms with Crippen molar-refractivity contribution in [3.05, 3.63) is 35.4 Å². The van der Waals surface area contributed by atoms with E-state index in [0.29, 0.717) is 5.92 Å². The zero-order valence-electron chi connectivity index (χ0n) is 11.6. The van der Waals surface area contributed by atoms with Gasteiger partial charge in [-0.05, 0) is 37.9 Å². The summed E-state index contributed by atoms with van der Waals surface area (Å²) in [5.74, 6) is 0.835. The Balaban J connectivity index is 0.00000180. The van der Waals surface area contributed by atoms with E-state index in [-0.39, 0.29) is 24.2 Å². The average molecular weight is 283 g/mol. The molecule has 106 valence electrons. The van der Waals surface area contributed by atoms with E-state index in [9.17, 15) is 4.79 Å². The van der Waals surface area contributed by atoms with Gasteiger partial charge in [0.15, 0.2) is 0 Å². The molecule has 0 aliphatic carbocycles. The lowest BCUT2D eigenvalue weighted by Crippen LogP contribution is -2.49. The number of rotatable bonds is 5. The van der Waals surface area contributed by atoms with Crippen LogP contribution in [0.3, 0.4) is 0 Å². The summed E-state index contributed by atoms with van der Waals surface area (Å²) < 4.78 is 0. The summed E-state index contributed by atoms with van der Waals surface area (Å²) in [6, 6.07) is 8.47. The lowest BCUT2D eigenvalue weighted by atomic mass is 9.88. The summed E-state index contributed by atoms with van der Waals surface area (Å²) >= 11 is 0. The number of benzene rings is 1. The van der Waals surface area contributed by atoms with Gasteiger partial charge in [-0.15, -0.1) is 12.4 Å². The van der Waals surface area contributed by atoms with Crippen molar-refractivity contribution in [1.82, 2.24) is 10.6 Å². The Bertz CT molecular complexity index is 401. The second kappa shape index (κ2) is 7.51. The molecule has 1 aliphatic rings. The zero-order chi connectivity index (χ0) is 13.0. The molecule has 1 atom stereocenters. The fraction of sp³-hybridized carbons (Fsp3) is 0.533. The molecule has 0 radical (unpaired) electrons. The van der Waals surface area contributed by atoms with Gasteiger partial charge >= 0.3 is 0 Å². The summed E-state index contributed by atoms with van der Waals surface area (Å²) in [7, 11) is 0. The van der Waals surface area contributed by atoms with Crippen LogP contribution in [0.1, 0.15) is 18.1 Å². The molecule has 4 heteroatoms. The standard InChI is InChI=1S/C15H22N2O.ClH/c1-11-3-5-13(6-4-11)7-8-17-15(18)12(2)14-9-16-10-14;/h3-6,12,14,16H,7-10H2,1-2H3,(H,17,18);1H. The third kappa shape index (κ3) is 4.51. The predicted octanol–water partition coefficient (Wildman–Crippen LogP) is 1.93. The van der Waals surface area contributed by atoms with Crippen molar-refractivity contribution in [3.63, 3.8) is 0 Å². The normalized spacial score (nSPS) is 16.1. The van der Waals surface area contributed by atoms with Gasteiger partial charge in [0.25, 0.3) is 0 Å². The first kappa shape index (κ1) is 16.0. The fourth-order valence-electron chi connectivity index (χ4n) is 2.12. The van der Waals surface area contributed by atoms with E-state index in [2.05, 4.69) is 41.8 Å². The summed E-state index contributed by atoms with van der Waals surface area (Å²) in [5, 5.41) is 6.23. The molecule has 0 aromatic heterocycles. The van der Waals surface area contributed by atoms with Crippen LogP contribution in [-0.2, 0) is 11.2 Å². The van der Waals surface area contributed by atoms with Gasteiger partial charge in [0, 0.05) is 12.5 Å². The van der Waals surface area contributed by atoms with Gasteiger partial charge in [-0.2, -0.15) is 0 Å². The maximum atomic E-state index is 11.9. The molecule has 3 nitrogen and oxygen atoms in total. The molecular formula is C15H23ClN2O. The molecule has 1 amide bonds. The van der Waals surface area contributed by atoms with Crippen LogP contribution < -0.4 is 10.6 Å². The van der Waals surface area contributed by atoms with Crippen molar-refractivity contribution in [1.29, 1.82) is 0 Å². The van der Waals surface area contributed by atoms with Gasteiger partial charge < -0.3 is 10.6 Å². The van der Waals surface area contributed by atoms with Crippen LogP contribution in [-0.4, -0.2) is 25.5 Å². The fourth-order valence-corrected chi connectivity index (χ4v) is 2.12. The monoisotopic (exact) mass is 282 g/mol. The zero-order valence-corrected chi connectivity index (χ0v) is 12.4. The first-order valence-corrected chi connectivity index (χ1v) is 6.71. The summed E-state index contributed by atoms with van der Waals surface area (Å²) in [6.45, 7) is 6.79. The number of carbonyl (C=O) groups is 1. The van der Waals surface area contributed by atoms with Gasteiger partial charge in [0.05, 0.1) is 0 Å². The highest BCUT2D eigenvalue weighted by Gasteiger charge is 2.28. The van der Waals surface area contributed by atoms with Gasteiger partial charge in [0.1, 0.15) is 0 Å². The molecule has 0 saturated carbocycles. The van der Waals surface area contributed by atoms with E-state index in [1.807, 2.05) is 6.92 Å². The Hall–Kier alpha value is -1.06. The molecule has 1 unspecified atom stereocenters. The number of hydrogen-bond acceptors (Lipinski definition) is 2. The summed E-state index contributed by atoms with van der Waals surface area (Å²) in [5.41, 5.74) is 2.55. The largest absolute Gasteiger partial charge is 0.356 e. The van der Waals surface area contributed by atoms with Crippen LogP contribution >= 0.6 is 12.4 Å². The van der Waals surface area contributed by atoms with Crippen molar-refractivity contribution in [3.8, 4) is 0 Å². The van der Waals surface area contributed by atoms with E-state index in [0.717, 1.165) is 26.1 Å². The molecule has 2 rings (SSSR count). The molecule has 19 heavy (non-hydrogen) atoms. The van der Waals surface area contributed by atoms with Gasteiger partial charge in [-0.25, -0.2) is 0 Å². The molecule has 1 fully saturated rings. The van der Waals surface area contributed by atoms with Crippen molar-refractivity contribution in [2.24, 2.45) is 11.8 Å². The van der Waals surface area contributed by atoms with Crippen LogP contribution in [0.2, 0.25) is 0 Å². The second-order valence-corrected chi connectivity index (χ2v) is 5.23. The van der Waals surface area contributed by atoms with Crippen LogP contribution in [0.5, 0.6) is 0 Å². The first-order valence-electron chi connectivity index (χ1n) is 6.71. The molecule has 2 N–H and O–H groups in total. The third-order valence-corrected chi connectivity index (χ3v) is 3.77. The summed E-state index contributed by atoms with van der Waals surface area (Å²) in [6.07, 6.45) is 0.904. The van der Waals surface area contributed by atoms with E-state index in [4.69, 9.17) is 0 Å². The highest BCUT2D eigenvalue weighted by Crippen LogP contribution is 2.15. The molecule has 1 aromatic rings. The average Bonchev–Trinajstić information content (AvgIpc) is 2.29. The predicted molar refractivity (Wildman–Crippen MR) is 80.7 cm³/mol. The lowest BCUT2D eigenvalue weighted by Gasteiger charge is -2.31. The molecule has 1 saturated heterocycles. The molecule has 1 aliphatic heterocycles. The number of hydrogen-bond donors (Lipinski definition) is 2. The van der Waals surface area contributed by atoms with E-state index < -0.39 is 0 Å². The second-order valence-electron chi connectivity index (χ2n) is 5.23. The van der Waals surface area contributed by atoms with Gasteiger partial charge in [-0.3, -0.25) is 4.79 Å². The minimum absolute atomic E-state index is 0. The Kier molecular flexibility index (Phi) is 6.32. The smallest absolute Gasteiger partial charge is 0.223 e. The van der Waals surface area contributed by atoms with Crippen LogP contribution in [0.15, 0.2) is 24.3 Å². The Labute approximate surface area is 121 Å². The molecule has 0 spiro atoms. The van der Waals surface area contributed by atoms with Crippen LogP contribution in [0.4, 0.5) is 0 Å². The molecule has 1 heterocycles. The van der Waals surface area contributed by atoms with E-state index in [1.54, 1.807) is 0 Å². The number of carbonyl (C=O) groups excluding carboxylic acids is 1. The highest BCUT2D eigenvalue weighted by atomic mass is 35.5. The molecular weight excluding hydrogens is 260 g/mol. The van der Waals surface area contributed by atoms with Crippen molar-refractivity contribution < 1.29 is 4.79 Å². The van der Waals surface area contributed by atoms with Crippen molar-refractivity contribution in [2.45, 2.75) is 20.3 Å². The molecule has 1 aromatic carbocycles. The van der Waals surface area contributed by atoms with Crippen molar-refractivity contribution >= 4 is 18.3 Å². The van der Waals surface area contributed by atoms with Crippen LogP contribution in [0.25, 0.3) is 0 Å². The molecule has 0 bridgehead atoms. The first-order chi connectivity index (χ1) is 8.66. The van der Waals surface area contributed by atoms with Gasteiger partial charge in [0.2, 0.25) is 5.91 Å². The minimum Gasteiger partial charge on any atom is -0.356 e. The van der Waals surface area contributed by atoms with Crippen LogP contribution in [0, 0.1) is 18.8 Å². The van der Waals surface area contributed by atoms with E-state index in [1.165, 1.54) is 11.1 Å². The highest BCUT2D eigenvalue weighted by molar-refractivity contribution is 5.85. The maximum Gasteiger partial charge on any atom is 0.223 e. The Morgan fingerprint density at radius 3 is 2.53 bits per heavy atom. The van der Waals surface area contributed by atoms with Crippen molar-refractivity contribution in [2.75, 3.05) is 19.6 Å². The number of nitrogens with one attached hydrogen (secondary N) is 2. The maximum absolute atomic E-state index is 11.9.